The molecule has 0 spiro atoms. The van der Waals surface area contributed by atoms with Gasteiger partial charge in [-0.15, -0.1) is 0 Å². The molecule has 0 aliphatic carbocycles. The third-order valence-electron chi connectivity index (χ3n) is 3.52. The van der Waals surface area contributed by atoms with Crippen LogP contribution in [-0.2, 0) is 4.74 Å². The molecule has 4 heteroatoms. The van der Waals surface area contributed by atoms with Crippen molar-refractivity contribution in [3.8, 4) is 0 Å². The first kappa shape index (κ1) is 12.9. The summed E-state index contributed by atoms with van der Waals surface area (Å²) < 4.78 is 5.33. The molecule has 0 saturated carbocycles. The van der Waals surface area contributed by atoms with E-state index < -0.39 is 0 Å². The molecule has 1 unspecified atom stereocenters. The van der Waals surface area contributed by atoms with Crippen molar-refractivity contribution in [1.82, 2.24) is 4.90 Å². The van der Waals surface area contributed by atoms with Crippen LogP contribution in [0.4, 0.5) is 5.69 Å². The predicted molar refractivity (Wildman–Crippen MR) is 72.0 cm³/mol. The van der Waals surface area contributed by atoms with Crippen LogP contribution >= 0.6 is 0 Å². The van der Waals surface area contributed by atoms with Crippen LogP contribution in [0.25, 0.3) is 0 Å². The van der Waals surface area contributed by atoms with Crippen molar-refractivity contribution in [1.29, 1.82) is 0 Å². The molecule has 1 fully saturated rings. The van der Waals surface area contributed by atoms with E-state index in [-0.39, 0.29) is 11.9 Å². The van der Waals surface area contributed by atoms with Gasteiger partial charge in [-0.2, -0.15) is 0 Å². The van der Waals surface area contributed by atoms with Crippen LogP contribution in [0.15, 0.2) is 18.2 Å². The lowest BCUT2D eigenvalue weighted by Gasteiger charge is -2.24. The summed E-state index contributed by atoms with van der Waals surface area (Å²) in [5.74, 6) is 0.0747. The van der Waals surface area contributed by atoms with Gasteiger partial charge in [-0.1, -0.05) is 0 Å². The SMILES string of the molecule is CNc1ccc(C(=O)N(C)C2CCOC2)c(C)c1. The Kier molecular flexibility index (Phi) is 3.87. The summed E-state index contributed by atoms with van der Waals surface area (Å²) in [5, 5.41) is 3.07. The van der Waals surface area contributed by atoms with E-state index in [1.54, 1.807) is 4.90 Å². The highest BCUT2D eigenvalue weighted by Crippen LogP contribution is 2.19. The summed E-state index contributed by atoms with van der Waals surface area (Å²) in [4.78, 5) is 14.2. The maximum atomic E-state index is 12.4. The molecule has 0 bridgehead atoms. The summed E-state index contributed by atoms with van der Waals surface area (Å²) in [6, 6.07) is 6.02. The zero-order chi connectivity index (χ0) is 13.1. The van der Waals surface area contributed by atoms with Crippen molar-refractivity contribution < 1.29 is 9.53 Å². The Labute approximate surface area is 108 Å². The number of ether oxygens (including phenoxy) is 1. The second kappa shape index (κ2) is 5.40. The number of hydrogen-bond donors (Lipinski definition) is 1. The van der Waals surface area contributed by atoms with Crippen LogP contribution in [0, 0.1) is 6.92 Å². The van der Waals surface area contributed by atoms with E-state index in [1.807, 2.05) is 39.2 Å². The molecular weight excluding hydrogens is 228 g/mol. The Balaban J connectivity index is 2.17. The number of amides is 1. The van der Waals surface area contributed by atoms with Gasteiger partial charge < -0.3 is 15.0 Å². The quantitative estimate of drug-likeness (QED) is 0.888. The van der Waals surface area contributed by atoms with Crippen LogP contribution < -0.4 is 5.32 Å². The number of benzene rings is 1. The molecule has 4 nitrogen and oxygen atoms in total. The highest BCUT2D eigenvalue weighted by atomic mass is 16.5. The van der Waals surface area contributed by atoms with Crippen molar-refractivity contribution >= 4 is 11.6 Å². The first-order chi connectivity index (χ1) is 8.63. The number of anilines is 1. The average Bonchev–Trinajstić information content (AvgIpc) is 2.90. The van der Waals surface area contributed by atoms with Gasteiger partial charge in [-0.3, -0.25) is 4.79 Å². The number of carbonyl (C=O) groups is 1. The third-order valence-corrected chi connectivity index (χ3v) is 3.52. The number of hydrogen-bond acceptors (Lipinski definition) is 3. The maximum Gasteiger partial charge on any atom is 0.254 e. The Morgan fingerprint density at radius 1 is 1.50 bits per heavy atom. The largest absolute Gasteiger partial charge is 0.388 e. The third kappa shape index (κ3) is 2.48. The molecule has 1 aromatic rings. The van der Waals surface area contributed by atoms with Crippen LogP contribution in [-0.4, -0.2) is 44.2 Å². The van der Waals surface area contributed by atoms with Crippen molar-refractivity contribution in [2.24, 2.45) is 0 Å². The van der Waals surface area contributed by atoms with Crippen molar-refractivity contribution in [3.63, 3.8) is 0 Å². The molecule has 1 aromatic carbocycles. The molecule has 1 aliphatic heterocycles. The number of aryl methyl sites for hydroxylation is 1. The molecule has 0 aromatic heterocycles. The van der Waals surface area contributed by atoms with E-state index in [2.05, 4.69) is 5.32 Å². The smallest absolute Gasteiger partial charge is 0.254 e. The minimum Gasteiger partial charge on any atom is -0.388 e. The van der Waals surface area contributed by atoms with Crippen LogP contribution in [0.2, 0.25) is 0 Å². The Morgan fingerprint density at radius 3 is 2.83 bits per heavy atom. The van der Waals surface area contributed by atoms with Crippen molar-refractivity contribution in [2.75, 3.05) is 32.6 Å². The molecular formula is C14H20N2O2. The van der Waals surface area contributed by atoms with Crippen LogP contribution in [0.5, 0.6) is 0 Å². The fourth-order valence-electron chi connectivity index (χ4n) is 2.24. The van der Waals surface area contributed by atoms with Gasteiger partial charge in [0.1, 0.15) is 0 Å². The van der Waals surface area contributed by atoms with E-state index in [4.69, 9.17) is 4.74 Å². The zero-order valence-electron chi connectivity index (χ0n) is 11.2. The van der Waals surface area contributed by atoms with Crippen molar-refractivity contribution in [3.05, 3.63) is 29.3 Å². The zero-order valence-corrected chi connectivity index (χ0v) is 11.2. The Hall–Kier alpha value is -1.55. The second-order valence-electron chi connectivity index (χ2n) is 4.71. The molecule has 18 heavy (non-hydrogen) atoms. The molecule has 1 atom stereocenters. The van der Waals surface area contributed by atoms with Gasteiger partial charge in [0.05, 0.1) is 12.6 Å². The maximum absolute atomic E-state index is 12.4. The monoisotopic (exact) mass is 248 g/mol. The second-order valence-corrected chi connectivity index (χ2v) is 4.71. The fraction of sp³-hybridized carbons (Fsp3) is 0.500. The number of rotatable bonds is 3. The lowest BCUT2D eigenvalue weighted by molar-refractivity contribution is 0.0710. The van der Waals surface area contributed by atoms with E-state index >= 15 is 0 Å². The topological polar surface area (TPSA) is 41.6 Å². The lowest BCUT2D eigenvalue weighted by atomic mass is 10.1. The summed E-state index contributed by atoms with van der Waals surface area (Å²) in [5.41, 5.74) is 2.79. The molecule has 1 aliphatic rings. The number of likely N-dealkylation sites (N-methyl/N-ethyl adjacent to an activating group) is 1. The highest BCUT2D eigenvalue weighted by Gasteiger charge is 2.25. The highest BCUT2D eigenvalue weighted by molar-refractivity contribution is 5.96. The molecule has 98 valence electrons. The summed E-state index contributed by atoms with van der Waals surface area (Å²) in [7, 11) is 3.73. The molecule has 1 amide bonds. The number of nitrogens with zero attached hydrogens (tertiary/aromatic N) is 1. The first-order valence-electron chi connectivity index (χ1n) is 6.27. The standard InChI is InChI=1S/C14H20N2O2/c1-10-8-11(15-2)4-5-13(10)14(17)16(3)12-6-7-18-9-12/h4-5,8,12,15H,6-7,9H2,1-3H3. The average molecular weight is 248 g/mol. The normalized spacial score (nSPS) is 18.7. The van der Waals surface area contributed by atoms with Gasteiger partial charge in [0, 0.05) is 32.0 Å². The Bertz CT molecular complexity index is 439. The van der Waals surface area contributed by atoms with Crippen LogP contribution in [0.1, 0.15) is 22.3 Å². The lowest BCUT2D eigenvalue weighted by Crippen LogP contribution is -2.37. The van der Waals surface area contributed by atoms with Gasteiger partial charge in [0.2, 0.25) is 0 Å². The molecule has 2 rings (SSSR count). The molecule has 0 radical (unpaired) electrons. The minimum absolute atomic E-state index is 0.0747. The molecule has 1 heterocycles. The van der Waals surface area contributed by atoms with E-state index in [0.29, 0.717) is 6.61 Å². The van der Waals surface area contributed by atoms with Gasteiger partial charge in [0.25, 0.3) is 5.91 Å². The number of nitrogens with one attached hydrogen (secondary N) is 1. The summed E-state index contributed by atoms with van der Waals surface area (Å²) >= 11 is 0. The van der Waals surface area contributed by atoms with Gasteiger partial charge >= 0.3 is 0 Å². The number of carbonyl (C=O) groups excluding carboxylic acids is 1. The van der Waals surface area contributed by atoms with E-state index in [1.165, 1.54) is 0 Å². The Morgan fingerprint density at radius 2 is 2.28 bits per heavy atom. The predicted octanol–water partition coefficient (Wildman–Crippen LogP) is 1.90. The van der Waals surface area contributed by atoms with E-state index in [0.717, 1.165) is 29.8 Å². The summed E-state index contributed by atoms with van der Waals surface area (Å²) in [6.45, 7) is 3.36. The fourth-order valence-corrected chi connectivity index (χ4v) is 2.24. The minimum atomic E-state index is 0.0747. The van der Waals surface area contributed by atoms with Gasteiger partial charge in [-0.05, 0) is 37.1 Å². The van der Waals surface area contributed by atoms with Gasteiger partial charge in [-0.25, -0.2) is 0 Å². The van der Waals surface area contributed by atoms with E-state index in [9.17, 15) is 4.79 Å². The molecule has 1 N–H and O–H groups in total. The summed E-state index contributed by atoms with van der Waals surface area (Å²) in [6.07, 6.45) is 0.926. The van der Waals surface area contributed by atoms with Gasteiger partial charge in [0.15, 0.2) is 0 Å². The van der Waals surface area contributed by atoms with Crippen LogP contribution in [0.3, 0.4) is 0 Å². The first-order valence-corrected chi connectivity index (χ1v) is 6.27. The van der Waals surface area contributed by atoms with Crippen molar-refractivity contribution in [2.45, 2.75) is 19.4 Å². The molecule has 1 saturated heterocycles.